The van der Waals surface area contributed by atoms with Gasteiger partial charge in [-0.25, -0.2) is 0 Å². The van der Waals surface area contributed by atoms with Gasteiger partial charge < -0.3 is 10.2 Å². The van der Waals surface area contributed by atoms with Crippen LogP contribution in [0.15, 0.2) is 12.7 Å². The molecule has 0 aliphatic rings. The van der Waals surface area contributed by atoms with Crippen molar-refractivity contribution in [1.82, 2.24) is 0 Å². The van der Waals surface area contributed by atoms with Crippen LogP contribution in [0.4, 0.5) is 0 Å². The molecule has 3 atom stereocenters. The average Bonchev–Trinajstić information content (AvgIpc) is 2.13. The minimum Gasteiger partial charge on any atom is -0.396 e. The summed E-state index contributed by atoms with van der Waals surface area (Å²) in [6, 6.07) is 0. The van der Waals surface area contributed by atoms with Gasteiger partial charge in [-0.05, 0) is 24.7 Å². The third kappa shape index (κ3) is 4.44. The summed E-state index contributed by atoms with van der Waals surface area (Å²) in [5.74, 6) is 0.566. The largest absolute Gasteiger partial charge is 0.396 e. The maximum absolute atomic E-state index is 9.64. The van der Waals surface area contributed by atoms with Crippen LogP contribution in [0.5, 0.6) is 0 Å². The van der Waals surface area contributed by atoms with Crippen molar-refractivity contribution in [3.8, 4) is 0 Å². The van der Waals surface area contributed by atoms with Crippen molar-refractivity contribution in [3.63, 3.8) is 0 Å². The summed E-state index contributed by atoms with van der Waals surface area (Å²) < 4.78 is 0. The van der Waals surface area contributed by atoms with Crippen LogP contribution in [0, 0.1) is 11.8 Å². The predicted molar refractivity (Wildman–Crippen MR) is 55.5 cm³/mol. The smallest absolute Gasteiger partial charge is 0.0593 e. The van der Waals surface area contributed by atoms with E-state index in [1.54, 1.807) is 0 Å². The standard InChI is InChI=1S/C11H22O2/c1-4-6-10(5-2)9(3)11(13)7-8-12/h5,9-13H,2,4,6-8H2,1,3H3. The molecular formula is C11H22O2. The molecule has 0 aliphatic carbocycles. The van der Waals surface area contributed by atoms with E-state index in [1.807, 2.05) is 13.0 Å². The Bertz CT molecular complexity index is 134. The van der Waals surface area contributed by atoms with Crippen molar-refractivity contribution in [3.05, 3.63) is 12.7 Å². The molecule has 0 aromatic heterocycles. The number of aliphatic hydroxyl groups is 2. The SMILES string of the molecule is C=CC(CCC)C(C)C(O)CCO. The van der Waals surface area contributed by atoms with Gasteiger partial charge in [0.05, 0.1) is 6.10 Å². The molecule has 2 heteroatoms. The first kappa shape index (κ1) is 12.7. The molecule has 0 amide bonds. The van der Waals surface area contributed by atoms with E-state index in [0.717, 1.165) is 12.8 Å². The average molecular weight is 186 g/mol. The Balaban J connectivity index is 4.01. The lowest BCUT2D eigenvalue weighted by Crippen LogP contribution is -2.25. The van der Waals surface area contributed by atoms with E-state index in [4.69, 9.17) is 5.11 Å². The highest BCUT2D eigenvalue weighted by atomic mass is 16.3. The van der Waals surface area contributed by atoms with Gasteiger partial charge in [0, 0.05) is 6.61 Å². The first-order valence-electron chi connectivity index (χ1n) is 5.08. The van der Waals surface area contributed by atoms with Gasteiger partial charge in [-0.1, -0.05) is 26.3 Å². The molecule has 0 saturated carbocycles. The first-order chi connectivity index (χ1) is 6.17. The fourth-order valence-electron chi connectivity index (χ4n) is 1.61. The predicted octanol–water partition coefficient (Wildman–Crippen LogP) is 1.97. The summed E-state index contributed by atoms with van der Waals surface area (Å²) >= 11 is 0. The monoisotopic (exact) mass is 186 g/mol. The van der Waals surface area contributed by atoms with Crippen molar-refractivity contribution >= 4 is 0 Å². The number of hydrogen-bond acceptors (Lipinski definition) is 2. The Morgan fingerprint density at radius 2 is 2.00 bits per heavy atom. The van der Waals surface area contributed by atoms with E-state index >= 15 is 0 Å². The van der Waals surface area contributed by atoms with Crippen molar-refractivity contribution in [2.24, 2.45) is 11.8 Å². The minimum absolute atomic E-state index is 0.0570. The van der Waals surface area contributed by atoms with Crippen molar-refractivity contribution in [2.45, 2.75) is 39.2 Å². The maximum atomic E-state index is 9.64. The van der Waals surface area contributed by atoms with Crippen LogP contribution in [0.25, 0.3) is 0 Å². The van der Waals surface area contributed by atoms with Gasteiger partial charge in [0.15, 0.2) is 0 Å². The van der Waals surface area contributed by atoms with Gasteiger partial charge in [-0.3, -0.25) is 0 Å². The lowest BCUT2D eigenvalue weighted by Gasteiger charge is -2.24. The minimum atomic E-state index is -0.403. The molecule has 0 aromatic carbocycles. The second-order valence-corrected chi connectivity index (χ2v) is 3.63. The highest BCUT2D eigenvalue weighted by Gasteiger charge is 2.20. The molecule has 2 nitrogen and oxygen atoms in total. The highest BCUT2D eigenvalue weighted by Crippen LogP contribution is 2.23. The molecule has 2 N–H and O–H groups in total. The molecule has 0 rings (SSSR count). The van der Waals surface area contributed by atoms with Crippen LogP contribution in [0.3, 0.4) is 0 Å². The molecule has 0 bridgehead atoms. The molecule has 0 saturated heterocycles. The van der Waals surface area contributed by atoms with E-state index in [9.17, 15) is 5.11 Å². The van der Waals surface area contributed by atoms with Crippen LogP contribution in [-0.4, -0.2) is 22.9 Å². The molecule has 0 heterocycles. The van der Waals surface area contributed by atoms with E-state index in [-0.39, 0.29) is 12.5 Å². The molecule has 13 heavy (non-hydrogen) atoms. The van der Waals surface area contributed by atoms with Gasteiger partial charge in [0.1, 0.15) is 0 Å². The van der Waals surface area contributed by atoms with E-state index < -0.39 is 6.10 Å². The van der Waals surface area contributed by atoms with E-state index in [0.29, 0.717) is 12.3 Å². The topological polar surface area (TPSA) is 40.5 Å². The Morgan fingerprint density at radius 1 is 1.38 bits per heavy atom. The number of rotatable bonds is 7. The molecule has 78 valence electrons. The molecule has 0 aliphatic heterocycles. The zero-order valence-corrected chi connectivity index (χ0v) is 8.74. The summed E-state index contributed by atoms with van der Waals surface area (Å²) in [6.07, 6.45) is 4.14. The lowest BCUT2D eigenvalue weighted by atomic mass is 9.85. The molecular weight excluding hydrogens is 164 g/mol. The van der Waals surface area contributed by atoms with Gasteiger partial charge in [-0.2, -0.15) is 0 Å². The summed E-state index contributed by atoms with van der Waals surface area (Å²) in [7, 11) is 0. The summed E-state index contributed by atoms with van der Waals surface area (Å²) in [6.45, 7) is 7.97. The maximum Gasteiger partial charge on any atom is 0.0593 e. The van der Waals surface area contributed by atoms with Gasteiger partial charge in [0.25, 0.3) is 0 Å². The molecule has 0 aromatic rings. The normalized spacial score (nSPS) is 17.8. The zero-order valence-electron chi connectivity index (χ0n) is 8.74. The van der Waals surface area contributed by atoms with Crippen LogP contribution in [0.1, 0.15) is 33.1 Å². The third-order valence-electron chi connectivity index (χ3n) is 2.63. The fourth-order valence-corrected chi connectivity index (χ4v) is 1.61. The highest BCUT2D eigenvalue weighted by molar-refractivity contribution is 4.85. The third-order valence-corrected chi connectivity index (χ3v) is 2.63. The molecule has 0 radical (unpaired) electrons. The Labute approximate surface area is 81.3 Å². The summed E-state index contributed by atoms with van der Waals surface area (Å²) in [5.41, 5.74) is 0. The summed E-state index contributed by atoms with van der Waals surface area (Å²) in [4.78, 5) is 0. The molecule has 3 unspecified atom stereocenters. The Hall–Kier alpha value is -0.340. The molecule has 0 fully saturated rings. The van der Waals surface area contributed by atoms with Gasteiger partial charge in [-0.15, -0.1) is 6.58 Å². The summed E-state index contributed by atoms with van der Waals surface area (Å²) in [5, 5.41) is 18.3. The van der Waals surface area contributed by atoms with Crippen molar-refractivity contribution in [1.29, 1.82) is 0 Å². The fraction of sp³-hybridized carbons (Fsp3) is 0.818. The van der Waals surface area contributed by atoms with Crippen molar-refractivity contribution in [2.75, 3.05) is 6.61 Å². The van der Waals surface area contributed by atoms with Crippen molar-refractivity contribution < 1.29 is 10.2 Å². The van der Waals surface area contributed by atoms with Gasteiger partial charge >= 0.3 is 0 Å². The first-order valence-corrected chi connectivity index (χ1v) is 5.08. The lowest BCUT2D eigenvalue weighted by molar-refractivity contribution is 0.0664. The van der Waals surface area contributed by atoms with Crippen LogP contribution in [0.2, 0.25) is 0 Å². The second kappa shape index (κ2) is 7.10. The Kier molecular flexibility index (Phi) is 6.92. The molecule has 0 spiro atoms. The van der Waals surface area contributed by atoms with E-state index in [2.05, 4.69) is 13.5 Å². The van der Waals surface area contributed by atoms with Crippen LogP contribution < -0.4 is 0 Å². The quantitative estimate of drug-likeness (QED) is 0.597. The van der Waals surface area contributed by atoms with Crippen LogP contribution >= 0.6 is 0 Å². The van der Waals surface area contributed by atoms with Crippen LogP contribution in [-0.2, 0) is 0 Å². The number of hydrogen-bond donors (Lipinski definition) is 2. The number of allylic oxidation sites excluding steroid dienone is 1. The van der Waals surface area contributed by atoms with E-state index in [1.165, 1.54) is 0 Å². The second-order valence-electron chi connectivity index (χ2n) is 3.63. The van der Waals surface area contributed by atoms with Gasteiger partial charge in [0.2, 0.25) is 0 Å². The Morgan fingerprint density at radius 3 is 2.38 bits per heavy atom. The number of aliphatic hydroxyl groups excluding tert-OH is 2. The zero-order chi connectivity index (χ0) is 10.3.